The summed E-state index contributed by atoms with van der Waals surface area (Å²) in [6, 6.07) is 0.214. The largest absolute Gasteiger partial charge is 0.444 e. The van der Waals surface area contributed by atoms with Crippen molar-refractivity contribution < 1.29 is 14.6 Å². The van der Waals surface area contributed by atoms with E-state index in [2.05, 4.69) is 5.32 Å². The van der Waals surface area contributed by atoms with Gasteiger partial charge in [-0.2, -0.15) is 0 Å². The van der Waals surface area contributed by atoms with Crippen molar-refractivity contribution in [3.05, 3.63) is 0 Å². The van der Waals surface area contributed by atoms with E-state index >= 15 is 0 Å². The molecule has 94 valence electrons. The van der Waals surface area contributed by atoms with Crippen LogP contribution in [0.1, 0.15) is 46.5 Å². The second kappa shape index (κ2) is 5.53. The van der Waals surface area contributed by atoms with Crippen LogP contribution >= 0.6 is 0 Å². The topological polar surface area (TPSA) is 58.6 Å². The van der Waals surface area contributed by atoms with Crippen molar-refractivity contribution in [3.63, 3.8) is 0 Å². The molecule has 16 heavy (non-hydrogen) atoms. The van der Waals surface area contributed by atoms with Crippen molar-refractivity contribution in [2.75, 3.05) is 6.61 Å². The van der Waals surface area contributed by atoms with E-state index in [9.17, 15) is 4.79 Å². The van der Waals surface area contributed by atoms with Gasteiger partial charge in [0.25, 0.3) is 0 Å². The Bertz CT molecular complexity index is 235. The van der Waals surface area contributed by atoms with E-state index in [4.69, 9.17) is 9.84 Å². The number of carbonyl (C=O) groups is 1. The van der Waals surface area contributed by atoms with Crippen molar-refractivity contribution in [2.24, 2.45) is 5.92 Å². The van der Waals surface area contributed by atoms with Crippen LogP contribution in [0.4, 0.5) is 4.79 Å². The van der Waals surface area contributed by atoms with Crippen molar-refractivity contribution in [3.8, 4) is 0 Å². The summed E-state index contributed by atoms with van der Waals surface area (Å²) in [6.45, 7) is 5.81. The molecule has 0 saturated heterocycles. The second-order valence-electron chi connectivity index (χ2n) is 5.53. The van der Waals surface area contributed by atoms with Crippen molar-refractivity contribution >= 4 is 6.09 Å². The minimum Gasteiger partial charge on any atom is -0.444 e. The quantitative estimate of drug-likeness (QED) is 0.778. The van der Waals surface area contributed by atoms with Gasteiger partial charge in [0, 0.05) is 12.6 Å². The predicted molar refractivity (Wildman–Crippen MR) is 62.2 cm³/mol. The number of amides is 1. The number of carbonyl (C=O) groups excluding carboxylic acids is 1. The Balaban J connectivity index is 2.26. The number of hydrogen-bond donors (Lipinski definition) is 2. The summed E-state index contributed by atoms with van der Waals surface area (Å²) in [5.41, 5.74) is -0.437. The lowest BCUT2D eigenvalue weighted by atomic mass is 10.0. The van der Waals surface area contributed by atoms with E-state index in [1.165, 1.54) is 0 Å². The van der Waals surface area contributed by atoms with Crippen LogP contribution < -0.4 is 5.32 Å². The van der Waals surface area contributed by atoms with Crippen LogP contribution in [0, 0.1) is 5.92 Å². The van der Waals surface area contributed by atoms with Gasteiger partial charge < -0.3 is 15.2 Å². The van der Waals surface area contributed by atoms with Crippen LogP contribution in [0.15, 0.2) is 0 Å². The van der Waals surface area contributed by atoms with E-state index in [-0.39, 0.29) is 18.7 Å². The molecule has 2 N–H and O–H groups in total. The van der Waals surface area contributed by atoms with Crippen molar-refractivity contribution in [1.29, 1.82) is 0 Å². The number of alkyl carbamates (subject to hydrolysis) is 1. The molecule has 4 heteroatoms. The highest BCUT2D eigenvalue weighted by molar-refractivity contribution is 5.68. The van der Waals surface area contributed by atoms with E-state index in [1.54, 1.807) is 0 Å². The van der Waals surface area contributed by atoms with Gasteiger partial charge in [0.15, 0.2) is 0 Å². The standard InChI is InChI=1S/C12H23NO3/c1-12(2,3)16-11(15)13-10-5-4-9(8-10)6-7-14/h9-10,14H,4-8H2,1-3H3,(H,13,15)/t9-,10-/m0/s1. The highest BCUT2D eigenvalue weighted by Gasteiger charge is 2.27. The molecule has 0 heterocycles. The molecule has 0 unspecified atom stereocenters. The molecule has 1 amide bonds. The van der Waals surface area contributed by atoms with Gasteiger partial charge in [-0.1, -0.05) is 0 Å². The molecule has 1 aliphatic carbocycles. The molecule has 4 nitrogen and oxygen atoms in total. The van der Waals surface area contributed by atoms with Crippen LogP contribution in [-0.2, 0) is 4.74 Å². The van der Waals surface area contributed by atoms with Crippen LogP contribution in [0.5, 0.6) is 0 Å². The van der Waals surface area contributed by atoms with Crippen LogP contribution in [0.25, 0.3) is 0 Å². The fraction of sp³-hybridized carbons (Fsp3) is 0.917. The summed E-state index contributed by atoms with van der Waals surface area (Å²) < 4.78 is 5.20. The van der Waals surface area contributed by atoms with E-state index < -0.39 is 5.60 Å². The van der Waals surface area contributed by atoms with Crippen molar-refractivity contribution in [1.82, 2.24) is 5.32 Å². The Hall–Kier alpha value is -0.770. The molecule has 2 atom stereocenters. The first-order valence-electron chi connectivity index (χ1n) is 6.01. The summed E-state index contributed by atoms with van der Waals surface area (Å²) in [6.07, 6.45) is 3.54. The zero-order chi connectivity index (χ0) is 12.2. The zero-order valence-electron chi connectivity index (χ0n) is 10.5. The summed E-state index contributed by atoms with van der Waals surface area (Å²) in [4.78, 5) is 11.5. The fourth-order valence-corrected chi connectivity index (χ4v) is 2.13. The highest BCUT2D eigenvalue weighted by atomic mass is 16.6. The Labute approximate surface area is 97.4 Å². The smallest absolute Gasteiger partial charge is 0.407 e. The average Bonchev–Trinajstić information content (AvgIpc) is 2.49. The van der Waals surface area contributed by atoms with E-state index in [1.807, 2.05) is 20.8 Å². The normalized spacial score (nSPS) is 25.5. The molecule has 1 fully saturated rings. The van der Waals surface area contributed by atoms with Crippen LogP contribution in [0.2, 0.25) is 0 Å². The number of aliphatic hydroxyl groups is 1. The number of hydrogen-bond acceptors (Lipinski definition) is 3. The van der Waals surface area contributed by atoms with Gasteiger partial charge in [-0.05, 0) is 52.4 Å². The van der Waals surface area contributed by atoms with Gasteiger partial charge in [-0.3, -0.25) is 0 Å². The molecule has 0 aliphatic heterocycles. The molecular weight excluding hydrogens is 206 g/mol. The summed E-state index contributed by atoms with van der Waals surface area (Å²) in [5.74, 6) is 0.546. The molecule has 0 aromatic heterocycles. The highest BCUT2D eigenvalue weighted by Crippen LogP contribution is 2.28. The minimum absolute atomic E-state index is 0.214. The second-order valence-corrected chi connectivity index (χ2v) is 5.53. The first kappa shape index (κ1) is 13.3. The minimum atomic E-state index is -0.437. The Morgan fingerprint density at radius 3 is 2.69 bits per heavy atom. The van der Waals surface area contributed by atoms with Crippen molar-refractivity contribution in [2.45, 2.75) is 58.1 Å². The third-order valence-electron chi connectivity index (χ3n) is 2.80. The third-order valence-corrected chi connectivity index (χ3v) is 2.80. The molecule has 1 aliphatic rings. The first-order valence-corrected chi connectivity index (χ1v) is 6.01. The van der Waals surface area contributed by atoms with Crippen LogP contribution in [0.3, 0.4) is 0 Å². The van der Waals surface area contributed by atoms with E-state index in [0.717, 1.165) is 25.7 Å². The first-order chi connectivity index (χ1) is 7.40. The fourth-order valence-electron chi connectivity index (χ4n) is 2.13. The Morgan fingerprint density at radius 2 is 2.12 bits per heavy atom. The molecule has 1 saturated carbocycles. The van der Waals surface area contributed by atoms with Gasteiger partial charge in [-0.15, -0.1) is 0 Å². The lowest BCUT2D eigenvalue weighted by molar-refractivity contribution is 0.0504. The monoisotopic (exact) mass is 229 g/mol. The SMILES string of the molecule is CC(C)(C)OC(=O)N[C@H]1CC[C@@H](CCO)C1. The molecule has 0 spiro atoms. The van der Waals surface area contributed by atoms with E-state index in [0.29, 0.717) is 5.92 Å². The van der Waals surface area contributed by atoms with Gasteiger partial charge >= 0.3 is 6.09 Å². The van der Waals surface area contributed by atoms with Crippen LogP contribution in [-0.4, -0.2) is 29.4 Å². The molecular formula is C12H23NO3. The van der Waals surface area contributed by atoms with Gasteiger partial charge in [0.05, 0.1) is 0 Å². The van der Waals surface area contributed by atoms with Gasteiger partial charge in [-0.25, -0.2) is 4.79 Å². The number of ether oxygens (including phenoxy) is 1. The lowest BCUT2D eigenvalue weighted by Gasteiger charge is -2.21. The predicted octanol–water partition coefficient (Wildman–Crippen LogP) is 2.06. The Morgan fingerprint density at radius 1 is 1.44 bits per heavy atom. The molecule has 0 aromatic carbocycles. The summed E-state index contributed by atoms with van der Waals surface area (Å²) in [5, 5.41) is 11.7. The van der Waals surface area contributed by atoms with Gasteiger partial charge in [0.2, 0.25) is 0 Å². The maximum absolute atomic E-state index is 11.5. The molecule has 0 radical (unpaired) electrons. The van der Waals surface area contributed by atoms with Gasteiger partial charge in [0.1, 0.15) is 5.60 Å². The molecule has 0 aromatic rings. The lowest BCUT2D eigenvalue weighted by Crippen LogP contribution is -2.37. The average molecular weight is 229 g/mol. The number of rotatable bonds is 3. The molecule has 1 rings (SSSR count). The maximum Gasteiger partial charge on any atom is 0.407 e. The number of aliphatic hydroxyl groups excluding tert-OH is 1. The third kappa shape index (κ3) is 4.84. The maximum atomic E-state index is 11.5. The zero-order valence-corrected chi connectivity index (χ0v) is 10.5. The summed E-state index contributed by atoms with van der Waals surface area (Å²) >= 11 is 0. The summed E-state index contributed by atoms with van der Waals surface area (Å²) in [7, 11) is 0. The number of nitrogens with one attached hydrogen (secondary N) is 1. The molecule has 0 bridgehead atoms. The Kier molecular flexibility index (Phi) is 4.59.